The lowest BCUT2D eigenvalue weighted by Crippen LogP contribution is -2.36. The van der Waals surface area contributed by atoms with Crippen molar-refractivity contribution in [3.8, 4) is 0 Å². The molecule has 0 fully saturated rings. The van der Waals surface area contributed by atoms with Gasteiger partial charge in [-0.2, -0.15) is 0 Å². The molecule has 130 valence electrons. The molecule has 6 heteroatoms. The Morgan fingerprint density at radius 3 is 3.00 bits per heavy atom. The second-order valence-electron chi connectivity index (χ2n) is 6.99. The number of aromatic amines is 1. The van der Waals surface area contributed by atoms with Gasteiger partial charge in [0, 0.05) is 18.9 Å². The molecule has 1 aliphatic heterocycles. The predicted molar refractivity (Wildman–Crippen MR) is 94.2 cm³/mol. The molecule has 1 aliphatic rings. The molecule has 0 unspecified atom stereocenters. The lowest BCUT2D eigenvalue weighted by atomic mass is 10.1. The van der Waals surface area contributed by atoms with E-state index in [9.17, 15) is 4.79 Å². The van der Waals surface area contributed by atoms with E-state index in [-0.39, 0.29) is 11.8 Å². The number of carbonyl (C=O) groups is 1. The van der Waals surface area contributed by atoms with Crippen molar-refractivity contribution in [2.45, 2.75) is 46.1 Å². The van der Waals surface area contributed by atoms with Crippen molar-refractivity contribution < 1.29 is 9.21 Å². The van der Waals surface area contributed by atoms with Gasteiger partial charge in [-0.1, -0.05) is 19.9 Å². The Kier molecular flexibility index (Phi) is 3.82. The Hall–Kier alpha value is -2.63. The van der Waals surface area contributed by atoms with Gasteiger partial charge in [0.05, 0.1) is 24.0 Å². The van der Waals surface area contributed by atoms with Gasteiger partial charge < -0.3 is 14.3 Å². The van der Waals surface area contributed by atoms with Gasteiger partial charge in [0.25, 0.3) is 0 Å². The minimum atomic E-state index is 0.121. The van der Waals surface area contributed by atoms with Crippen LogP contribution in [0, 0.1) is 6.92 Å². The minimum absolute atomic E-state index is 0.121. The fourth-order valence-electron chi connectivity index (χ4n) is 3.26. The van der Waals surface area contributed by atoms with Crippen LogP contribution in [0.2, 0.25) is 0 Å². The van der Waals surface area contributed by atoms with Crippen molar-refractivity contribution >= 4 is 16.9 Å². The van der Waals surface area contributed by atoms with E-state index in [0.717, 1.165) is 46.2 Å². The molecule has 0 atom stereocenters. The molecule has 25 heavy (non-hydrogen) atoms. The number of imidazole rings is 1. The number of benzene rings is 1. The van der Waals surface area contributed by atoms with Crippen molar-refractivity contribution in [1.82, 2.24) is 19.9 Å². The van der Waals surface area contributed by atoms with Gasteiger partial charge in [-0.25, -0.2) is 9.97 Å². The molecule has 1 aromatic carbocycles. The van der Waals surface area contributed by atoms with Crippen LogP contribution in [0.15, 0.2) is 22.6 Å². The normalized spacial score (nSPS) is 14.3. The number of aromatic nitrogens is 3. The fourth-order valence-corrected chi connectivity index (χ4v) is 3.26. The quantitative estimate of drug-likeness (QED) is 0.796. The SMILES string of the molecule is Cc1nc2ccc(CC(=O)N3CCc4oc(C(C)C)nc4C3)cc2[nH]1. The summed E-state index contributed by atoms with van der Waals surface area (Å²) in [6.45, 7) is 7.28. The van der Waals surface area contributed by atoms with Crippen LogP contribution in [0.1, 0.15) is 48.5 Å². The van der Waals surface area contributed by atoms with Crippen molar-refractivity contribution in [2.24, 2.45) is 0 Å². The smallest absolute Gasteiger partial charge is 0.227 e. The van der Waals surface area contributed by atoms with Crippen LogP contribution in [0.25, 0.3) is 11.0 Å². The third-order valence-electron chi connectivity index (χ3n) is 4.61. The molecule has 2 aromatic heterocycles. The number of aryl methyl sites for hydroxylation is 1. The Morgan fingerprint density at radius 1 is 1.36 bits per heavy atom. The van der Waals surface area contributed by atoms with Crippen LogP contribution in [0.5, 0.6) is 0 Å². The fraction of sp³-hybridized carbons (Fsp3) is 0.421. The van der Waals surface area contributed by atoms with E-state index in [0.29, 0.717) is 19.5 Å². The molecular weight excluding hydrogens is 316 g/mol. The van der Waals surface area contributed by atoms with Crippen LogP contribution in [-0.4, -0.2) is 32.3 Å². The maximum atomic E-state index is 12.7. The first-order chi connectivity index (χ1) is 12.0. The highest BCUT2D eigenvalue weighted by Crippen LogP contribution is 2.24. The topological polar surface area (TPSA) is 75.0 Å². The first-order valence-electron chi connectivity index (χ1n) is 8.71. The first-order valence-corrected chi connectivity index (χ1v) is 8.71. The number of oxazole rings is 1. The van der Waals surface area contributed by atoms with Gasteiger partial charge in [-0.15, -0.1) is 0 Å². The van der Waals surface area contributed by atoms with E-state index < -0.39 is 0 Å². The summed E-state index contributed by atoms with van der Waals surface area (Å²) in [5, 5.41) is 0. The molecule has 6 nitrogen and oxygen atoms in total. The summed E-state index contributed by atoms with van der Waals surface area (Å²) >= 11 is 0. The molecule has 0 bridgehead atoms. The number of rotatable bonds is 3. The number of H-pyrrole nitrogens is 1. The van der Waals surface area contributed by atoms with Crippen LogP contribution in [-0.2, 0) is 24.2 Å². The Labute approximate surface area is 146 Å². The number of carbonyl (C=O) groups excluding carboxylic acids is 1. The van der Waals surface area contributed by atoms with Crippen molar-refractivity contribution in [3.63, 3.8) is 0 Å². The zero-order valence-electron chi connectivity index (χ0n) is 14.8. The number of fused-ring (bicyclic) bond motifs is 2. The zero-order chi connectivity index (χ0) is 17.6. The molecule has 0 spiro atoms. The lowest BCUT2D eigenvalue weighted by Gasteiger charge is -2.25. The molecule has 0 radical (unpaired) electrons. The Balaban J connectivity index is 1.48. The second-order valence-corrected chi connectivity index (χ2v) is 6.99. The highest BCUT2D eigenvalue weighted by molar-refractivity contribution is 5.82. The van der Waals surface area contributed by atoms with Crippen molar-refractivity contribution in [3.05, 3.63) is 46.9 Å². The van der Waals surface area contributed by atoms with Gasteiger partial charge in [0.1, 0.15) is 17.3 Å². The summed E-state index contributed by atoms with van der Waals surface area (Å²) in [6, 6.07) is 5.95. The van der Waals surface area contributed by atoms with E-state index in [1.165, 1.54) is 0 Å². The summed E-state index contributed by atoms with van der Waals surface area (Å²) in [6.07, 6.45) is 1.12. The van der Waals surface area contributed by atoms with E-state index in [1.807, 2.05) is 30.0 Å². The Bertz CT molecular complexity index is 938. The summed E-state index contributed by atoms with van der Waals surface area (Å²) < 4.78 is 5.80. The zero-order valence-corrected chi connectivity index (χ0v) is 14.8. The van der Waals surface area contributed by atoms with Crippen molar-refractivity contribution in [1.29, 1.82) is 0 Å². The number of nitrogens with one attached hydrogen (secondary N) is 1. The summed E-state index contributed by atoms with van der Waals surface area (Å²) in [4.78, 5) is 26.7. The summed E-state index contributed by atoms with van der Waals surface area (Å²) in [5.41, 5.74) is 3.81. The van der Waals surface area contributed by atoms with E-state index >= 15 is 0 Å². The number of nitrogens with zero attached hydrogens (tertiary/aromatic N) is 3. The van der Waals surface area contributed by atoms with Gasteiger partial charge >= 0.3 is 0 Å². The van der Waals surface area contributed by atoms with Gasteiger partial charge in [-0.05, 0) is 24.6 Å². The monoisotopic (exact) mass is 338 g/mol. The maximum Gasteiger partial charge on any atom is 0.227 e. The first kappa shape index (κ1) is 15.9. The number of amides is 1. The molecular formula is C19H22N4O2. The van der Waals surface area contributed by atoms with Crippen LogP contribution in [0.3, 0.4) is 0 Å². The molecule has 0 saturated heterocycles. The number of hydrogen-bond donors (Lipinski definition) is 1. The van der Waals surface area contributed by atoms with Crippen LogP contribution in [0.4, 0.5) is 0 Å². The average molecular weight is 338 g/mol. The lowest BCUT2D eigenvalue weighted by molar-refractivity contribution is -0.131. The average Bonchev–Trinajstić information content (AvgIpc) is 3.15. The van der Waals surface area contributed by atoms with Crippen LogP contribution < -0.4 is 0 Å². The molecule has 3 heterocycles. The van der Waals surface area contributed by atoms with Crippen LogP contribution >= 0.6 is 0 Å². The maximum absolute atomic E-state index is 12.7. The molecule has 1 amide bonds. The molecule has 3 aromatic rings. The summed E-state index contributed by atoms with van der Waals surface area (Å²) in [7, 11) is 0. The largest absolute Gasteiger partial charge is 0.445 e. The molecule has 0 saturated carbocycles. The molecule has 1 N–H and O–H groups in total. The van der Waals surface area contributed by atoms with Gasteiger partial charge in [-0.3, -0.25) is 4.79 Å². The van der Waals surface area contributed by atoms with Gasteiger partial charge in [0.2, 0.25) is 5.91 Å². The van der Waals surface area contributed by atoms with Crippen molar-refractivity contribution in [2.75, 3.05) is 6.54 Å². The highest BCUT2D eigenvalue weighted by Gasteiger charge is 2.26. The Morgan fingerprint density at radius 2 is 2.20 bits per heavy atom. The predicted octanol–water partition coefficient (Wildman–Crippen LogP) is 3.11. The minimum Gasteiger partial charge on any atom is -0.445 e. The van der Waals surface area contributed by atoms with Gasteiger partial charge in [0.15, 0.2) is 5.89 Å². The molecule has 0 aliphatic carbocycles. The molecule has 4 rings (SSSR count). The third kappa shape index (κ3) is 3.04. The number of hydrogen-bond acceptors (Lipinski definition) is 4. The second kappa shape index (κ2) is 6.02. The standard InChI is InChI=1S/C19H22N4O2/c1-11(2)19-22-16-10-23(7-6-17(16)25-19)18(24)9-13-4-5-14-15(8-13)21-12(3)20-14/h4-5,8,11H,6-7,9-10H2,1-3H3,(H,20,21). The van der Waals surface area contributed by atoms with E-state index in [1.54, 1.807) is 0 Å². The van der Waals surface area contributed by atoms with E-state index in [2.05, 4.69) is 28.8 Å². The third-order valence-corrected chi connectivity index (χ3v) is 4.61. The summed E-state index contributed by atoms with van der Waals surface area (Å²) in [5.74, 6) is 2.96. The van der Waals surface area contributed by atoms with E-state index in [4.69, 9.17) is 4.42 Å². The highest BCUT2D eigenvalue weighted by atomic mass is 16.4.